The van der Waals surface area contributed by atoms with E-state index in [-0.39, 0.29) is 12.4 Å². The zero-order valence-electron chi connectivity index (χ0n) is 18.3. The monoisotopic (exact) mass is 445 g/mol. The standard InChI is InChI=1S/C24H24FN7O/c1-32-19-7-3-2-6-17(19)30-21(32)9-12-26-13-10-22-31-23-20(33-22)8-14-28-24(23)29-15-18-16(25)5-4-11-27-18/h2-8,11,14,26H,9-10,12-13,15H2,1H3,(H,28,29). The number of halogens is 1. The number of nitrogens with one attached hydrogen (secondary N) is 2. The maximum atomic E-state index is 13.8. The van der Waals surface area contributed by atoms with E-state index in [0.717, 1.165) is 36.4 Å². The summed E-state index contributed by atoms with van der Waals surface area (Å²) in [7, 11) is 2.05. The van der Waals surface area contributed by atoms with Crippen LogP contribution in [0.4, 0.5) is 10.2 Å². The van der Waals surface area contributed by atoms with E-state index in [4.69, 9.17) is 9.40 Å². The van der Waals surface area contributed by atoms with Gasteiger partial charge in [0.25, 0.3) is 0 Å². The number of anilines is 1. The Labute approximate surface area is 189 Å². The molecule has 5 aromatic rings. The molecule has 5 rings (SSSR count). The molecule has 33 heavy (non-hydrogen) atoms. The lowest BCUT2D eigenvalue weighted by Crippen LogP contribution is -2.21. The molecule has 4 aromatic heterocycles. The molecular weight excluding hydrogens is 421 g/mol. The number of fused-ring (bicyclic) bond motifs is 2. The van der Waals surface area contributed by atoms with Crippen LogP contribution < -0.4 is 10.6 Å². The molecule has 0 atom stereocenters. The third kappa shape index (κ3) is 4.54. The van der Waals surface area contributed by atoms with E-state index in [9.17, 15) is 4.39 Å². The first-order valence-electron chi connectivity index (χ1n) is 10.9. The number of para-hydroxylation sites is 2. The highest BCUT2D eigenvalue weighted by Crippen LogP contribution is 2.22. The molecule has 4 heterocycles. The van der Waals surface area contributed by atoms with Gasteiger partial charge < -0.3 is 19.6 Å². The normalized spacial score (nSPS) is 11.5. The number of aryl methyl sites for hydroxylation is 1. The number of pyridine rings is 2. The highest BCUT2D eigenvalue weighted by atomic mass is 19.1. The number of imidazole rings is 1. The fraction of sp³-hybridized carbons (Fsp3) is 0.250. The van der Waals surface area contributed by atoms with Crippen molar-refractivity contribution in [1.29, 1.82) is 0 Å². The van der Waals surface area contributed by atoms with Gasteiger partial charge >= 0.3 is 0 Å². The van der Waals surface area contributed by atoms with Crippen LogP contribution in [-0.2, 0) is 26.4 Å². The number of hydrogen-bond donors (Lipinski definition) is 2. The summed E-state index contributed by atoms with van der Waals surface area (Å²) in [5.74, 6) is 1.86. The second-order valence-electron chi connectivity index (χ2n) is 7.73. The summed E-state index contributed by atoms with van der Waals surface area (Å²) in [6.07, 6.45) is 4.68. The van der Waals surface area contributed by atoms with Gasteiger partial charge in [-0.3, -0.25) is 4.98 Å². The van der Waals surface area contributed by atoms with Gasteiger partial charge in [0.15, 0.2) is 22.8 Å². The van der Waals surface area contributed by atoms with Crippen molar-refractivity contribution in [3.05, 3.63) is 78.1 Å². The second kappa shape index (κ2) is 9.33. The summed E-state index contributed by atoms with van der Waals surface area (Å²) in [6, 6.07) is 12.9. The van der Waals surface area contributed by atoms with Gasteiger partial charge in [-0.05, 0) is 24.3 Å². The lowest BCUT2D eigenvalue weighted by atomic mass is 10.3. The van der Waals surface area contributed by atoms with Crippen LogP contribution in [0.1, 0.15) is 17.4 Å². The molecule has 0 saturated carbocycles. The molecule has 0 aliphatic carbocycles. The fourth-order valence-electron chi connectivity index (χ4n) is 3.79. The zero-order valence-corrected chi connectivity index (χ0v) is 18.3. The number of aromatic nitrogens is 5. The number of benzene rings is 1. The molecular formula is C24H24FN7O. The predicted octanol–water partition coefficient (Wildman–Crippen LogP) is 3.63. The van der Waals surface area contributed by atoms with Crippen molar-refractivity contribution < 1.29 is 8.81 Å². The maximum absolute atomic E-state index is 13.8. The minimum Gasteiger partial charge on any atom is -0.440 e. The molecule has 0 unspecified atom stereocenters. The molecule has 0 aliphatic heterocycles. The lowest BCUT2D eigenvalue weighted by molar-refractivity contribution is 0.514. The van der Waals surface area contributed by atoms with Crippen molar-refractivity contribution in [2.24, 2.45) is 7.05 Å². The van der Waals surface area contributed by atoms with Gasteiger partial charge in [0, 0.05) is 51.4 Å². The smallest absolute Gasteiger partial charge is 0.196 e. The Morgan fingerprint density at radius 1 is 0.970 bits per heavy atom. The van der Waals surface area contributed by atoms with Crippen molar-refractivity contribution in [1.82, 2.24) is 29.8 Å². The Kier molecular flexibility index (Phi) is 5.95. The van der Waals surface area contributed by atoms with Gasteiger partial charge in [-0.2, -0.15) is 0 Å². The van der Waals surface area contributed by atoms with Crippen molar-refractivity contribution in [2.75, 3.05) is 18.4 Å². The Balaban J connectivity index is 1.16. The molecule has 0 spiro atoms. The van der Waals surface area contributed by atoms with Gasteiger partial charge in [-0.15, -0.1) is 0 Å². The molecule has 1 aromatic carbocycles. The molecule has 0 bridgehead atoms. The van der Waals surface area contributed by atoms with Crippen LogP contribution >= 0.6 is 0 Å². The van der Waals surface area contributed by atoms with Gasteiger partial charge in [0.1, 0.15) is 11.6 Å². The predicted molar refractivity (Wildman–Crippen MR) is 124 cm³/mol. The minimum atomic E-state index is -0.359. The van der Waals surface area contributed by atoms with Crippen LogP contribution in [0.15, 0.2) is 59.3 Å². The van der Waals surface area contributed by atoms with Crippen LogP contribution in [0.5, 0.6) is 0 Å². The van der Waals surface area contributed by atoms with Gasteiger partial charge in [0.2, 0.25) is 0 Å². The summed E-state index contributed by atoms with van der Waals surface area (Å²) >= 11 is 0. The zero-order chi connectivity index (χ0) is 22.6. The molecule has 0 aliphatic rings. The first kappa shape index (κ1) is 21.0. The summed E-state index contributed by atoms with van der Waals surface area (Å²) in [4.78, 5) is 17.7. The number of hydrogen-bond acceptors (Lipinski definition) is 7. The molecule has 0 radical (unpaired) electrons. The van der Waals surface area contributed by atoms with Crippen LogP contribution in [0, 0.1) is 5.82 Å². The summed E-state index contributed by atoms with van der Waals surface area (Å²) in [5.41, 5.74) is 3.75. The average molecular weight is 446 g/mol. The third-order valence-corrected chi connectivity index (χ3v) is 5.53. The highest BCUT2D eigenvalue weighted by Gasteiger charge is 2.12. The second-order valence-corrected chi connectivity index (χ2v) is 7.73. The van der Waals surface area contributed by atoms with E-state index >= 15 is 0 Å². The quantitative estimate of drug-likeness (QED) is 0.335. The van der Waals surface area contributed by atoms with E-state index in [1.807, 2.05) is 25.2 Å². The third-order valence-electron chi connectivity index (χ3n) is 5.53. The SMILES string of the molecule is Cn1c(CCNCCc2nc3c(NCc4ncccc4F)nccc3o2)nc2ccccc21. The molecule has 0 amide bonds. The van der Waals surface area contributed by atoms with Crippen LogP contribution in [-0.4, -0.2) is 37.6 Å². The van der Waals surface area contributed by atoms with E-state index < -0.39 is 0 Å². The molecule has 8 nitrogen and oxygen atoms in total. The molecule has 168 valence electrons. The number of nitrogens with zero attached hydrogens (tertiary/aromatic N) is 5. The lowest BCUT2D eigenvalue weighted by Gasteiger charge is -2.05. The van der Waals surface area contributed by atoms with Crippen LogP contribution in [0.2, 0.25) is 0 Å². The first-order chi connectivity index (χ1) is 16.2. The van der Waals surface area contributed by atoms with Crippen molar-refractivity contribution in [2.45, 2.75) is 19.4 Å². The number of oxazole rings is 1. The summed E-state index contributed by atoms with van der Waals surface area (Å²) in [5, 5.41) is 6.54. The Bertz CT molecular complexity index is 1390. The van der Waals surface area contributed by atoms with Crippen molar-refractivity contribution in [3.63, 3.8) is 0 Å². The molecule has 0 fully saturated rings. The average Bonchev–Trinajstić information content (AvgIpc) is 3.39. The Morgan fingerprint density at radius 2 is 1.85 bits per heavy atom. The first-order valence-corrected chi connectivity index (χ1v) is 10.9. The molecule has 2 N–H and O–H groups in total. The summed E-state index contributed by atoms with van der Waals surface area (Å²) < 4.78 is 21.8. The van der Waals surface area contributed by atoms with Crippen LogP contribution in [0.25, 0.3) is 22.1 Å². The van der Waals surface area contributed by atoms with E-state index in [2.05, 4.69) is 36.2 Å². The maximum Gasteiger partial charge on any atom is 0.196 e. The van der Waals surface area contributed by atoms with Gasteiger partial charge in [-0.1, -0.05) is 12.1 Å². The van der Waals surface area contributed by atoms with Gasteiger partial charge in [-0.25, -0.2) is 19.3 Å². The van der Waals surface area contributed by atoms with Crippen molar-refractivity contribution in [3.8, 4) is 0 Å². The largest absolute Gasteiger partial charge is 0.440 e. The molecule has 9 heteroatoms. The van der Waals surface area contributed by atoms with Crippen molar-refractivity contribution >= 4 is 28.0 Å². The number of rotatable bonds is 9. The summed E-state index contributed by atoms with van der Waals surface area (Å²) in [6.45, 7) is 1.75. The van der Waals surface area contributed by atoms with E-state index in [0.29, 0.717) is 34.9 Å². The molecule has 0 saturated heterocycles. The highest BCUT2D eigenvalue weighted by molar-refractivity contribution is 5.83. The Hall–Kier alpha value is -3.85. The minimum absolute atomic E-state index is 0.213. The van der Waals surface area contributed by atoms with E-state index in [1.165, 1.54) is 6.07 Å². The Morgan fingerprint density at radius 3 is 2.73 bits per heavy atom. The topological polar surface area (TPSA) is 93.7 Å². The van der Waals surface area contributed by atoms with E-state index in [1.54, 1.807) is 24.5 Å². The van der Waals surface area contributed by atoms with Gasteiger partial charge in [0.05, 0.1) is 23.3 Å². The van der Waals surface area contributed by atoms with Crippen LogP contribution in [0.3, 0.4) is 0 Å². The fourth-order valence-corrected chi connectivity index (χ4v) is 3.79.